The molecule has 6 nitrogen and oxygen atoms in total. The molecule has 1 heterocycles. The van der Waals surface area contributed by atoms with Gasteiger partial charge in [0.2, 0.25) is 5.91 Å². The summed E-state index contributed by atoms with van der Waals surface area (Å²) >= 11 is 1.12. The topological polar surface area (TPSA) is 63.1 Å². The van der Waals surface area contributed by atoms with Crippen LogP contribution in [0.1, 0.15) is 13.8 Å². The molecule has 0 unspecified atom stereocenters. The van der Waals surface area contributed by atoms with E-state index >= 15 is 0 Å². The molecule has 202 valence electrons. The van der Waals surface area contributed by atoms with Gasteiger partial charge in [-0.05, 0) is 62.4 Å². The van der Waals surface area contributed by atoms with E-state index < -0.39 is 11.6 Å². The third-order valence-electron chi connectivity index (χ3n) is 6.13. The van der Waals surface area contributed by atoms with E-state index in [-0.39, 0.29) is 23.4 Å². The number of rotatable bonds is 9. The number of carbonyl (C=O) groups excluding carboxylic acids is 1. The number of nitrogens with one attached hydrogen (secondary N) is 1. The maximum Gasteiger partial charge on any atom is 0.234 e. The van der Waals surface area contributed by atoms with E-state index in [1.807, 2.05) is 72.8 Å². The van der Waals surface area contributed by atoms with E-state index in [2.05, 4.69) is 46.4 Å². The third kappa shape index (κ3) is 6.05. The summed E-state index contributed by atoms with van der Waals surface area (Å²) in [6, 6.07) is 30.5. The first-order chi connectivity index (χ1) is 19.4. The minimum absolute atomic E-state index is 0.0135. The maximum absolute atomic E-state index is 14.8. The Labute approximate surface area is 235 Å². The molecule has 5 aromatic rings. The molecule has 0 spiro atoms. The van der Waals surface area contributed by atoms with Crippen LogP contribution in [0.4, 0.5) is 25.8 Å². The predicted molar refractivity (Wildman–Crippen MR) is 156 cm³/mol. The standard InChI is InChI=1S/C31H27F2N5OS/c1-21(2)37(25-11-7-4-8-12-25)26-16-14-24(15-17-26)34-29(39)20-40-31-36-35-30(22-9-5-3-6-10-22)38(31)28-18-13-23(32)19-27(28)33/h3-19,21H,20H2,1-2H3,(H,34,39). The Hall–Kier alpha value is -4.50. The van der Waals surface area contributed by atoms with Crippen molar-refractivity contribution in [3.8, 4) is 17.1 Å². The lowest BCUT2D eigenvalue weighted by Gasteiger charge is -2.29. The number of benzene rings is 4. The Morgan fingerprint density at radius 3 is 2.17 bits per heavy atom. The molecule has 0 fully saturated rings. The Morgan fingerprint density at radius 1 is 0.875 bits per heavy atom. The monoisotopic (exact) mass is 555 g/mol. The van der Waals surface area contributed by atoms with Gasteiger partial charge in [-0.15, -0.1) is 10.2 Å². The van der Waals surface area contributed by atoms with Crippen molar-refractivity contribution in [2.45, 2.75) is 25.0 Å². The molecule has 0 saturated carbocycles. The number of hydrogen-bond donors (Lipinski definition) is 1. The number of amides is 1. The van der Waals surface area contributed by atoms with Crippen molar-refractivity contribution in [2.75, 3.05) is 16.0 Å². The van der Waals surface area contributed by atoms with E-state index in [1.165, 1.54) is 16.7 Å². The highest BCUT2D eigenvalue weighted by Crippen LogP contribution is 2.31. The van der Waals surface area contributed by atoms with Crippen LogP contribution in [0.5, 0.6) is 0 Å². The zero-order valence-corrected chi connectivity index (χ0v) is 22.8. The summed E-state index contributed by atoms with van der Waals surface area (Å²) in [7, 11) is 0. The van der Waals surface area contributed by atoms with Gasteiger partial charge in [-0.1, -0.05) is 60.3 Å². The maximum atomic E-state index is 14.8. The van der Waals surface area contributed by atoms with Crippen molar-refractivity contribution in [2.24, 2.45) is 0 Å². The molecule has 40 heavy (non-hydrogen) atoms. The number of aromatic nitrogens is 3. The van der Waals surface area contributed by atoms with Gasteiger partial charge in [-0.3, -0.25) is 9.36 Å². The minimum atomic E-state index is -0.755. The minimum Gasteiger partial charge on any atom is -0.339 e. The van der Waals surface area contributed by atoms with Crippen LogP contribution < -0.4 is 10.2 Å². The molecule has 1 amide bonds. The molecule has 0 aliphatic carbocycles. The first-order valence-electron chi connectivity index (χ1n) is 12.7. The van der Waals surface area contributed by atoms with Gasteiger partial charge < -0.3 is 10.2 Å². The number of halogens is 2. The quantitative estimate of drug-likeness (QED) is 0.191. The molecule has 0 aliphatic rings. The SMILES string of the molecule is CC(C)N(c1ccccc1)c1ccc(NC(=O)CSc2nnc(-c3ccccc3)n2-c2ccc(F)cc2F)cc1. The van der Waals surface area contributed by atoms with Crippen molar-refractivity contribution in [3.63, 3.8) is 0 Å². The zero-order valence-electron chi connectivity index (χ0n) is 22.0. The highest BCUT2D eigenvalue weighted by Gasteiger charge is 2.20. The Morgan fingerprint density at radius 2 is 1.52 bits per heavy atom. The summed E-state index contributed by atoms with van der Waals surface area (Å²) in [5.41, 5.74) is 3.55. The zero-order chi connectivity index (χ0) is 28.1. The van der Waals surface area contributed by atoms with Gasteiger partial charge in [0, 0.05) is 34.7 Å². The molecular weight excluding hydrogens is 528 g/mol. The first kappa shape index (κ1) is 27.1. The van der Waals surface area contributed by atoms with Crippen LogP contribution in [-0.2, 0) is 4.79 Å². The molecule has 0 bridgehead atoms. The van der Waals surface area contributed by atoms with Crippen LogP contribution in [0.3, 0.4) is 0 Å². The number of nitrogens with zero attached hydrogens (tertiary/aromatic N) is 4. The molecule has 9 heteroatoms. The molecule has 1 N–H and O–H groups in total. The fourth-order valence-electron chi connectivity index (χ4n) is 4.38. The second-order valence-corrected chi connectivity index (χ2v) is 10.2. The number of hydrogen-bond acceptors (Lipinski definition) is 5. The number of thioether (sulfide) groups is 1. The molecule has 1 aromatic heterocycles. The van der Waals surface area contributed by atoms with Gasteiger partial charge in [0.05, 0.1) is 11.4 Å². The predicted octanol–water partition coefficient (Wildman–Crippen LogP) is 7.49. The van der Waals surface area contributed by atoms with Crippen LogP contribution in [0.2, 0.25) is 0 Å². The Bertz CT molecular complexity index is 1590. The van der Waals surface area contributed by atoms with E-state index in [1.54, 1.807) is 0 Å². The molecule has 4 aromatic carbocycles. The largest absolute Gasteiger partial charge is 0.339 e. The van der Waals surface area contributed by atoms with E-state index in [0.717, 1.165) is 29.2 Å². The lowest BCUT2D eigenvalue weighted by atomic mass is 10.2. The molecule has 0 atom stereocenters. The van der Waals surface area contributed by atoms with Crippen molar-refractivity contribution in [1.82, 2.24) is 14.8 Å². The van der Waals surface area contributed by atoms with Gasteiger partial charge >= 0.3 is 0 Å². The van der Waals surface area contributed by atoms with E-state index in [4.69, 9.17) is 0 Å². The summed E-state index contributed by atoms with van der Waals surface area (Å²) in [5.74, 6) is -1.29. The first-order valence-corrected chi connectivity index (χ1v) is 13.7. The average molecular weight is 556 g/mol. The fraction of sp³-hybridized carbons (Fsp3) is 0.129. The molecule has 0 saturated heterocycles. The lowest BCUT2D eigenvalue weighted by Crippen LogP contribution is -2.25. The van der Waals surface area contributed by atoms with Gasteiger partial charge in [-0.2, -0.15) is 0 Å². The Balaban J connectivity index is 1.32. The number of carbonyl (C=O) groups is 1. The summed E-state index contributed by atoms with van der Waals surface area (Å²) in [6.07, 6.45) is 0. The summed E-state index contributed by atoms with van der Waals surface area (Å²) in [4.78, 5) is 15.1. The van der Waals surface area contributed by atoms with Crippen LogP contribution in [0.25, 0.3) is 17.1 Å². The second-order valence-electron chi connectivity index (χ2n) is 9.29. The molecule has 5 rings (SSSR count). The molecular formula is C31H27F2N5OS. The van der Waals surface area contributed by atoms with Gasteiger partial charge in [0.25, 0.3) is 0 Å². The summed E-state index contributed by atoms with van der Waals surface area (Å²) < 4.78 is 29.9. The van der Waals surface area contributed by atoms with E-state index in [9.17, 15) is 13.6 Å². The van der Waals surface area contributed by atoms with Crippen molar-refractivity contribution in [1.29, 1.82) is 0 Å². The number of para-hydroxylation sites is 1. The van der Waals surface area contributed by atoms with Crippen LogP contribution in [-0.4, -0.2) is 32.5 Å². The molecule has 0 aliphatic heterocycles. The fourth-order valence-corrected chi connectivity index (χ4v) is 5.13. The van der Waals surface area contributed by atoms with Crippen LogP contribution in [0, 0.1) is 11.6 Å². The molecule has 0 radical (unpaired) electrons. The smallest absolute Gasteiger partial charge is 0.234 e. The Kier molecular flexibility index (Phi) is 8.21. The second kappa shape index (κ2) is 12.1. The van der Waals surface area contributed by atoms with Gasteiger partial charge in [-0.25, -0.2) is 8.78 Å². The van der Waals surface area contributed by atoms with Crippen molar-refractivity contribution >= 4 is 34.7 Å². The normalized spacial score (nSPS) is 11.0. The van der Waals surface area contributed by atoms with Crippen molar-refractivity contribution < 1.29 is 13.6 Å². The van der Waals surface area contributed by atoms with Crippen LogP contribution >= 0.6 is 11.8 Å². The summed E-state index contributed by atoms with van der Waals surface area (Å²) in [6.45, 7) is 4.25. The number of anilines is 3. The van der Waals surface area contributed by atoms with Gasteiger partial charge in [0.1, 0.15) is 11.6 Å². The average Bonchev–Trinajstić information content (AvgIpc) is 3.37. The van der Waals surface area contributed by atoms with E-state index in [0.29, 0.717) is 22.2 Å². The summed E-state index contributed by atoms with van der Waals surface area (Å²) in [5, 5.41) is 11.7. The van der Waals surface area contributed by atoms with Crippen LogP contribution in [0.15, 0.2) is 108 Å². The lowest BCUT2D eigenvalue weighted by molar-refractivity contribution is -0.113. The highest BCUT2D eigenvalue weighted by molar-refractivity contribution is 7.99. The van der Waals surface area contributed by atoms with Crippen molar-refractivity contribution in [3.05, 3.63) is 115 Å². The van der Waals surface area contributed by atoms with Gasteiger partial charge in [0.15, 0.2) is 11.0 Å². The third-order valence-corrected chi connectivity index (χ3v) is 7.06. The highest BCUT2D eigenvalue weighted by atomic mass is 32.2.